The topological polar surface area (TPSA) is 12.0 Å². The van der Waals surface area contributed by atoms with E-state index in [0.29, 0.717) is 6.04 Å². The van der Waals surface area contributed by atoms with Crippen LogP contribution in [0.1, 0.15) is 19.3 Å². The molecule has 1 unspecified atom stereocenters. The molecule has 0 saturated heterocycles. The normalized spacial score (nSPS) is 20.3. The maximum atomic E-state index is 6.11. The number of hydrogen-bond donors (Lipinski definition) is 1. The monoisotopic (exact) mass is 285 g/mol. The second kappa shape index (κ2) is 5.04. The minimum Gasteiger partial charge on any atom is -0.378 e. The molecule has 1 aromatic carbocycles. The van der Waals surface area contributed by atoms with Crippen LogP contribution in [-0.4, -0.2) is 6.04 Å². The number of hydrogen-bond acceptors (Lipinski definition) is 1. The van der Waals surface area contributed by atoms with Crippen LogP contribution in [0, 0.1) is 0 Å². The van der Waals surface area contributed by atoms with Crippen molar-refractivity contribution in [2.24, 2.45) is 0 Å². The van der Waals surface area contributed by atoms with Crippen LogP contribution in [0.5, 0.6) is 0 Å². The molecule has 1 N–H and O–H groups in total. The van der Waals surface area contributed by atoms with Gasteiger partial charge < -0.3 is 5.32 Å². The standard InChI is InChI=1S/C12H13BrClN/c13-9-6-7-11(14)12(8-9)15-10-4-2-1-3-5-10/h2,4,6-8,10,15H,1,3,5H2. The van der Waals surface area contributed by atoms with Gasteiger partial charge in [0.05, 0.1) is 10.7 Å². The molecular formula is C12H13BrClN. The molecule has 0 spiro atoms. The second-order valence-corrected chi connectivity index (χ2v) is 5.06. The number of rotatable bonds is 2. The number of anilines is 1. The van der Waals surface area contributed by atoms with Crippen molar-refractivity contribution in [3.63, 3.8) is 0 Å². The van der Waals surface area contributed by atoms with Crippen LogP contribution in [0.15, 0.2) is 34.8 Å². The van der Waals surface area contributed by atoms with Gasteiger partial charge in [0, 0.05) is 10.5 Å². The van der Waals surface area contributed by atoms with E-state index in [4.69, 9.17) is 11.6 Å². The minimum atomic E-state index is 0.422. The van der Waals surface area contributed by atoms with Crippen molar-refractivity contribution in [3.05, 3.63) is 39.8 Å². The molecule has 1 aromatic rings. The van der Waals surface area contributed by atoms with Crippen molar-refractivity contribution in [3.8, 4) is 0 Å². The number of allylic oxidation sites excluding steroid dienone is 1. The van der Waals surface area contributed by atoms with Crippen LogP contribution >= 0.6 is 27.5 Å². The van der Waals surface area contributed by atoms with Crippen molar-refractivity contribution < 1.29 is 0 Å². The molecular weight excluding hydrogens is 273 g/mol. The number of halogens is 2. The maximum absolute atomic E-state index is 6.11. The first-order chi connectivity index (χ1) is 7.25. The Labute approximate surface area is 104 Å². The van der Waals surface area contributed by atoms with Gasteiger partial charge >= 0.3 is 0 Å². The van der Waals surface area contributed by atoms with E-state index >= 15 is 0 Å². The van der Waals surface area contributed by atoms with E-state index in [9.17, 15) is 0 Å². The van der Waals surface area contributed by atoms with Crippen LogP contribution in [0.25, 0.3) is 0 Å². The average molecular weight is 287 g/mol. The van der Waals surface area contributed by atoms with Gasteiger partial charge in [-0.05, 0) is 37.5 Å². The molecule has 0 amide bonds. The summed E-state index contributed by atoms with van der Waals surface area (Å²) in [7, 11) is 0. The minimum absolute atomic E-state index is 0.422. The molecule has 1 nitrogen and oxygen atoms in total. The Kier molecular flexibility index (Phi) is 3.71. The van der Waals surface area contributed by atoms with Crippen molar-refractivity contribution >= 4 is 33.2 Å². The van der Waals surface area contributed by atoms with E-state index in [-0.39, 0.29) is 0 Å². The van der Waals surface area contributed by atoms with E-state index in [1.165, 1.54) is 19.3 Å². The molecule has 1 atom stereocenters. The van der Waals surface area contributed by atoms with Gasteiger partial charge in [0.2, 0.25) is 0 Å². The van der Waals surface area contributed by atoms with Crippen molar-refractivity contribution in [2.75, 3.05) is 5.32 Å². The summed E-state index contributed by atoms with van der Waals surface area (Å²) in [6, 6.07) is 6.29. The molecule has 15 heavy (non-hydrogen) atoms. The molecule has 0 fully saturated rings. The van der Waals surface area contributed by atoms with Gasteiger partial charge in [-0.3, -0.25) is 0 Å². The van der Waals surface area contributed by atoms with Crippen molar-refractivity contribution in [1.82, 2.24) is 0 Å². The van der Waals surface area contributed by atoms with Gasteiger partial charge in [-0.1, -0.05) is 39.7 Å². The smallest absolute Gasteiger partial charge is 0.0638 e. The largest absolute Gasteiger partial charge is 0.378 e. The molecule has 80 valence electrons. The Morgan fingerprint density at radius 2 is 2.27 bits per heavy atom. The van der Waals surface area contributed by atoms with E-state index in [1.807, 2.05) is 18.2 Å². The molecule has 0 heterocycles. The van der Waals surface area contributed by atoms with Crippen LogP contribution in [0.4, 0.5) is 5.69 Å². The second-order valence-electron chi connectivity index (χ2n) is 3.73. The summed E-state index contributed by atoms with van der Waals surface area (Å²) in [6.45, 7) is 0. The third-order valence-electron chi connectivity index (χ3n) is 2.52. The number of benzene rings is 1. The van der Waals surface area contributed by atoms with Crippen LogP contribution in [-0.2, 0) is 0 Å². The first-order valence-corrected chi connectivity index (χ1v) is 6.31. The van der Waals surface area contributed by atoms with E-state index in [0.717, 1.165) is 15.2 Å². The third kappa shape index (κ3) is 2.99. The Balaban J connectivity index is 2.12. The predicted octanol–water partition coefficient (Wildman–Crippen LogP) is 4.62. The van der Waals surface area contributed by atoms with Gasteiger partial charge in [0.15, 0.2) is 0 Å². The fourth-order valence-electron chi connectivity index (χ4n) is 1.74. The van der Waals surface area contributed by atoms with E-state index in [2.05, 4.69) is 33.4 Å². The van der Waals surface area contributed by atoms with E-state index < -0.39 is 0 Å². The Bertz CT molecular complexity index is 376. The summed E-state index contributed by atoms with van der Waals surface area (Å²) in [6.07, 6.45) is 8.08. The summed E-state index contributed by atoms with van der Waals surface area (Å²) in [4.78, 5) is 0. The van der Waals surface area contributed by atoms with Gasteiger partial charge in [-0.15, -0.1) is 0 Å². The van der Waals surface area contributed by atoms with Gasteiger partial charge in [-0.25, -0.2) is 0 Å². The molecule has 3 heteroatoms. The average Bonchev–Trinajstić information content (AvgIpc) is 2.25. The van der Waals surface area contributed by atoms with Gasteiger partial charge in [0.25, 0.3) is 0 Å². The summed E-state index contributed by atoms with van der Waals surface area (Å²) >= 11 is 9.55. The highest BCUT2D eigenvalue weighted by molar-refractivity contribution is 9.10. The molecule has 0 aliphatic heterocycles. The Morgan fingerprint density at radius 3 is 3.00 bits per heavy atom. The van der Waals surface area contributed by atoms with Crippen LogP contribution in [0.3, 0.4) is 0 Å². The molecule has 1 aliphatic carbocycles. The highest BCUT2D eigenvalue weighted by Gasteiger charge is 2.09. The lowest BCUT2D eigenvalue weighted by Gasteiger charge is -2.20. The zero-order chi connectivity index (χ0) is 10.7. The Morgan fingerprint density at radius 1 is 1.40 bits per heavy atom. The Hall–Kier alpha value is -0.470. The molecule has 0 saturated carbocycles. The quantitative estimate of drug-likeness (QED) is 0.782. The highest BCUT2D eigenvalue weighted by Crippen LogP contribution is 2.27. The van der Waals surface area contributed by atoms with Gasteiger partial charge in [0.1, 0.15) is 0 Å². The molecule has 2 rings (SSSR count). The number of nitrogens with one attached hydrogen (secondary N) is 1. The summed E-state index contributed by atoms with van der Waals surface area (Å²) < 4.78 is 1.05. The van der Waals surface area contributed by atoms with Crippen molar-refractivity contribution in [2.45, 2.75) is 25.3 Å². The summed E-state index contributed by atoms with van der Waals surface area (Å²) in [5, 5.41) is 4.22. The lowest BCUT2D eigenvalue weighted by Crippen LogP contribution is -2.18. The molecule has 0 aromatic heterocycles. The first kappa shape index (κ1) is 11.0. The van der Waals surface area contributed by atoms with Crippen molar-refractivity contribution in [1.29, 1.82) is 0 Å². The lowest BCUT2D eigenvalue weighted by atomic mass is 10.0. The lowest BCUT2D eigenvalue weighted by molar-refractivity contribution is 0.674. The predicted molar refractivity (Wildman–Crippen MR) is 69.6 cm³/mol. The fraction of sp³-hybridized carbons (Fsp3) is 0.333. The summed E-state index contributed by atoms with van der Waals surface area (Å²) in [5.41, 5.74) is 1.00. The molecule has 0 bridgehead atoms. The van der Waals surface area contributed by atoms with Crippen LogP contribution in [0.2, 0.25) is 5.02 Å². The SMILES string of the molecule is Clc1ccc(Br)cc1NC1C=CCCC1. The molecule has 1 aliphatic rings. The summed E-state index contributed by atoms with van der Waals surface area (Å²) in [5.74, 6) is 0. The van der Waals surface area contributed by atoms with Gasteiger partial charge in [-0.2, -0.15) is 0 Å². The highest BCUT2D eigenvalue weighted by atomic mass is 79.9. The van der Waals surface area contributed by atoms with Crippen LogP contribution < -0.4 is 5.32 Å². The fourth-order valence-corrected chi connectivity index (χ4v) is 2.27. The molecule has 0 radical (unpaired) electrons. The zero-order valence-corrected chi connectivity index (χ0v) is 10.7. The third-order valence-corrected chi connectivity index (χ3v) is 3.35. The zero-order valence-electron chi connectivity index (χ0n) is 8.34. The first-order valence-electron chi connectivity index (χ1n) is 5.14. The van der Waals surface area contributed by atoms with E-state index in [1.54, 1.807) is 0 Å². The maximum Gasteiger partial charge on any atom is 0.0638 e.